The Morgan fingerprint density at radius 1 is 1.00 bits per heavy atom. The summed E-state index contributed by atoms with van der Waals surface area (Å²) in [6, 6.07) is 28.4. The number of thiazole rings is 1. The lowest BCUT2D eigenvalue weighted by Crippen LogP contribution is -2.26. The molecule has 6 nitrogen and oxygen atoms in total. The van der Waals surface area contributed by atoms with Crippen molar-refractivity contribution in [2.45, 2.75) is 30.2 Å². The van der Waals surface area contributed by atoms with E-state index in [9.17, 15) is 4.79 Å². The molecule has 2 aromatic heterocycles. The summed E-state index contributed by atoms with van der Waals surface area (Å²) in [6.45, 7) is 2.46. The summed E-state index contributed by atoms with van der Waals surface area (Å²) in [4.78, 5) is 17.4. The van der Waals surface area contributed by atoms with Gasteiger partial charge < -0.3 is 5.32 Å². The summed E-state index contributed by atoms with van der Waals surface area (Å²) in [5.41, 5.74) is 3.82. The van der Waals surface area contributed by atoms with Gasteiger partial charge in [0.05, 0.1) is 11.4 Å². The van der Waals surface area contributed by atoms with Crippen LogP contribution in [0.3, 0.4) is 0 Å². The minimum absolute atomic E-state index is 0.157. The molecule has 1 amide bonds. The second-order valence-electron chi connectivity index (χ2n) is 8.68. The molecule has 5 aromatic rings. The van der Waals surface area contributed by atoms with Crippen LogP contribution in [-0.4, -0.2) is 32.2 Å². The van der Waals surface area contributed by atoms with Crippen LogP contribution in [0.1, 0.15) is 44.8 Å². The van der Waals surface area contributed by atoms with E-state index >= 15 is 0 Å². The summed E-state index contributed by atoms with van der Waals surface area (Å²) in [6.07, 6.45) is 0.797. The van der Waals surface area contributed by atoms with Gasteiger partial charge in [-0.15, -0.1) is 21.5 Å². The standard InChI is InChI=1S/C29H26ClN5OS2/c1-20-33-34-29(35(20)24-14-8-13-23(30)17-24)38-19-27-32-26(18-37-27)28(36)31-16-15-25(21-9-4-2-5-10-21)22-11-6-3-7-12-22/h2-14,17-18,25H,15-16,19H2,1H3,(H,31,36). The lowest BCUT2D eigenvalue weighted by atomic mass is 9.88. The number of halogens is 1. The van der Waals surface area contributed by atoms with Gasteiger partial charge in [0.15, 0.2) is 5.16 Å². The number of carbonyl (C=O) groups is 1. The number of carbonyl (C=O) groups excluding carboxylic acids is 1. The first kappa shape index (κ1) is 26.2. The molecule has 0 unspecified atom stereocenters. The number of hydrogen-bond donors (Lipinski definition) is 1. The molecule has 0 saturated heterocycles. The smallest absolute Gasteiger partial charge is 0.270 e. The van der Waals surface area contributed by atoms with E-state index in [-0.39, 0.29) is 11.8 Å². The predicted molar refractivity (Wildman–Crippen MR) is 154 cm³/mol. The van der Waals surface area contributed by atoms with Gasteiger partial charge in [0.1, 0.15) is 16.5 Å². The van der Waals surface area contributed by atoms with Gasteiger partial charge in [0.25, 0.3) is 5.91 Å². The van der Waals surface area contributed by atoms with Crippen LogP contribution >= 0.6 is 34.7 Å². The van der Waals surface area contributed by atoms with Gasteiger partial charge in [-0.3, -0.25) is 9.36 Å². The topological polar surface area (TPSA) is 72.7 Å². The number of benzene rings is 3. The third-order valence-electron chi connectivity index (χ3n) is 6.09. The monoisotopic (exact) mass is 559 g/mol. The molecule has 5 rings (SSSR count). The Bertz CT molecular complexity index is 1460. The molecular formula is C29H26ClN5OS2. The van der Waals surface area contributed by atoms with E-state index in [2.05, 4.69) is 69.0 Å². The van der Waals surface area contributed by atoms with Gasteiger partial charge in [0.2, 0.25) is 0 Å². The van der Waals surface area contributed by atoms with Crippen LogP contribution in [-0.2, 0) is 5.75 Å². The van der Waals surface area contributed by atoms with E-state index in [4.69, 9.17) is 11.6 Å². The van der Waals surface area contributed by atoms with Crippen molar-refractivity contribution in [1.29, 1.82) is 0 Å². The number of aromatic nitrogens is 4. The van der Waals surface area contributed by atoms with Crippen LogP contribution in [0.2, 0.25) is 5.02 Å². The Balaban J connectivity index is 1.19. The Morgan fingerprint density at radius 3 is 2.39 bits per heavy atom. The second kappa shape index (κ2) is 12.4. The van der Waals surface area contributed by atoms with Gasteiger partial charge in [-0.1, -0.05) is 90.1 Å². The third kappa shape index (κ3) is 6.32. The molecule has 0 fully saturated rings. The Morgan fingerprint density at radius 2 is 1.71 bits per heavy atom. The molecule has 1 N–H and O–H groups in total. The van der Waals surface area contributed by atoms with E-state index < -0.39 is 0 Å². The normalized spacial score (nSPS) is 11.1. The fourth-order valence-electron chi connectivity index (χ4n) is 4.27. The van der Waals surface area contributed by atoms with Crippen LogP contribution in [0.25, 0.3) is 5.69 Å². The van der Waals surface area contributed by atoms with Gasteiger partial charge in [0, 0.05) is 22.9 Å². The molecule has 9 heteroatoms. The number of rotatable bonds is 10. The number of nitrogens with one attached hydrogen (secondary N) is 1. The van der Waals surface area contributed by atoms with Gasteiger partial charge in [-0.05, 0) is 42.7 Å². The third-order valence-corrected chi connectivity index (χ3v) is 8.30. The van der Waals surface area contributed by atoms with E-state index in [0.29, 0.717) is 23.0 Å². The van der Waals surface area contributed by atoms with Crippen LogP contribution in [0.15, 0.2) is 95.5 Å². The lowest BCUT2D eigenvalue weighted by molar-refractivity contribution is 0.0948. The van der Waals surface area contributed by atoms with Crippen LogP contribution in [0.4, 0.5) is 0 Å². The van der Waals surface area contributed by atoms with E-state index in [0.717, 1.165) is 28.1 Å². The minimum Gasteiger partial charge on any atom is -0.351 e. The summed E-state index contributed by atoms with van der Waals surface area (Å²) in [7, 11) is 0. The summed E-state index contributed by atoms with van der Waals surface area (Å²) in [5, 5.41) is 15.7. The molecule has 192 valence electrons. The quantitative estimate of drug-likeness (QED) is 0.188. The van der Waals surface area contributed by atoms with Crippen molar-refractivity contribution >= 4 is 40.6 Å². The number of aryl methyl sites for hydroxylation is 1. The lowest BCUT2D eigenvalue weighted by Gasteiger charge is -2.18. The zero-order valence-electron chi connectivity index (χ0n) is 20.8. The van der Waals surface area contributed by atoms with E-state index in [1.165, 1.54) is 34.2 Å². The molecule has 0 aliphatic carbocycles. The molecule has 38 heavy (non-hydrogen) atoms. The summed E-state index contributed by atoms with van der Waals surface area (Å²) in [5.74, 6) is 1.41. The first-order valence-electron chi connectivity index (χ1n) is 12.2. The van der Waals surface area contributed by atoms with Crippen LogP contribution < -0.4 is 5.32 Å². The van der Waals surface area contributed by atoms with Crippen LogP contribution in [0.5, 0.6) is 0 Å². The van der Waals surface area contributed by atoms with E-state index in [1.54, 1.807) is 0 Å². The minimum atomic E-state index is -0.157. The first-order valence-corrected chi connectivity index (χ1v) is 14.5. The highest BCUT2D eigenvalue weighted by Crippen LogP contribution is 2.29. The molecule has 3 aromatic carbocycles. The molecule has 2 heterocycles. The Kier molecular flexibility index (Phi) is 8.53. The highest BCUT2D eigenvalue weighted by molar-refractivity contribution is 7.98. The predicted octanol–water partition coefficient (Wildman–Crippen LogP) is 6.93. The average molecular weight is 560 g/mol. The number of amides is 1. The highest BCUT2D eigenvalue weighted by atomic mass is 35.5. The van der Waals surface area contributed by atoms with Crippen molar-refractivity contribution in [3.63, 3.8) is 0 Å². The largest absolute Gasteiger partial charge is 0.351 e. The molecule has 0 saturated carbocycles. The highest BCUT2D eigenvalue weighted by Gasteiger charge is 2.17. The second-order valence-corrected chi connectivity index (χ2v) is 11.0. The summed E-state index contributed by atoms with van der Waals surface area (Å²) < 4.78 is 1.97. The molecule has 0 atom stereocenters. The number of nitrogens with zero attached hydrogens (tertiary/aromatic N) is 4. The van der Waals surface area contributed by atoms with Crippen molar-refractivity contribution in [1.82, 2.24) is 25.1 Å². The van der Waals surface area contributed by atoms with Crippen molar-refractivity contribution < 1.29 is 4.79 Å². The molecule has 0 radical (unpaired) electrons. The van der Waals surface area contributed by atoms with Crippen molar-refractivity contribution in [3.8, 4) is 5.69 Å². The maximum atomic E-state index is 12.8. The van der Waals surface area contributed by atoms with Crippen molar-refractivity contribution in [3.05, 3.63) is 123 Å². The SMILES string of the molecule is Cc1nnc(SCc2nc(C(=O)NCCC(c3ccccc3)c3ccccc3)cs2)n1-c1cccc(Cl)c1. The summed E-state index contributed by atoms with van der Waals surface area (Å²) >= 11 is 9.18. The Labute approximate surface area is 235 Å². The zero-order chi connectivity index (χ0) is 26.3. The van der Waals surface area contributed by atoms with Crippen molar-refractivity contribution in [2.75, 3.05) is 6.54 Å². The zero-order valence-corrected chi connectivity index (χ0v) is 23.1. The van der Waals surface area contributed by atoms with E-state index in [1.807, 2.05) is 53.3 Å². The molecule has 0 bridgehead atoms. The van der Waals surface area contributed by atoms with Gasteiger partial charge >= 0.3 is 0 Å². The maximum Gasteiger partial charge on any atom is 0.270 e. The molecule has 0 aliphatic heterocycles. The maximum absolute atomic E-state index is 12.8. The number of hydrogen-bond acceptors (Lipinski definition) is 6. The molecule has 0 spiro atoms. The average Bonchev–Trinajstić information content (AvgIpc) is 3.57. The fourth-order valence-corrected chi connectivity index (χ4v) is 6.25. The van der Waals surface area contributed by atoms with Gasteiger partial charge in [-0.25, -0.2) is 4.98 Å². The fraction of sp³-hybridized carbons (Fsp3) is 0.172. The van der Waals surface area contributed by atoms with Crippen LogP contribution in [0, 0.1) is 6.92 Å². The van der Waals surface area contributed by atoms with Gasteiger partial charge in [-0.2, -0.15) is 0 Å². The first-order chi connectivity index (χ1) is 18.6. The Hall–Kier alpha value is -3.46. The molecular weight excluding hydrogens is 534 g/mol. The number of thioether (sulfide) groups is 1. The van der Waals surface area contributed by atoms with Crippen molar-refractivity contribution in [2.24, 2.45) is 0 Å². The molecule has 0 aliphatic rings.